The number of nitrogens with zero attached hydrogens (tertiary/aromatic N) is 2. The third-order valence-electron chi connectivity index (χ3n) is 5.39. The van der Waals surface area contributed by atoms with E-state index >= 15 is 0 Å². The van der Waals surface area contributed by atoms with E-state index in [4.69, 9.17) is 0 Å². The molecule has 0 aliphatic carbocycles. The molecule has 29 heavy (non-hydrogen) atoms. The van der Waals surface area contributed by atoms with E-state index in [0.29, 0.717) is 23.5 Å². The zero-order chi connectivity index (χ0) is 20.4. The number of benzene rings is 1. The minimum absolute atomic E-state index is 0.0496. The summed E-state index contributed by atoms with van der Waals surface area (Å²) in [7, 11) is 0. The first-order chi connectivity index (χ1) is 14.0. The predicted octanol–water partition coefficient (Wildman–Crippen LogP) is 5.00. The number of rotatable bonds is 3. The van der Waals surface area contributed by atoms with Gasteiger partial charge in [0.15, 0.2) is 0 Å². The van der Waals surface area contributed by atoms with Gasteiger partial charge in [-0.1, -0.05) is 12.1 Å². The summed E-state index contributed by atoms with van der Waals surface area (Å²) in [6, 6.07) is 11.1. The van der Waals surface area contributed by atoms with Crippen LogP contribution in [0.4, 0.5) is 11.5 Å². The molecule has 6 heteroatoms. The van der Waals surface area contributed by atoms with E-state index in [1.54, 1.807) is 29.5 Å². The topological polar surface area (TPSA) is 62.3 Å². The van der Waals surface area contributed by atoms with E-state index < -0.39 is 0 Å². The van der Waals surface area contributed by atoms with E-state index in [9.17, 15) is 9.59 Å². The molecule has 0 bridgehead atoms. The Balaban J connectivity index is 1.50. The van der Waals surface area contributed by atoms with Crippen LogP contribution >= 0.6 is 11.3 Å². The van der Waals surface area contributed by atoms with E-state index in [-0.39, 0.29) is 11.8 Å². The van der Waals surface area contributed by atoms with Gasteiger partial charge in [0.2, 0.25) is 0 Å². The molecule has 0 atom stereocenters. The van der Waals surface area contributed by atoms with E-state index in [0.717, 1.165) is 36.1 Å². The average molecular weight is 406 g/mol. The lowest BCUT2D eigenvalue weighted by molar-refractivity contribution is 0.0985. The van der Waals surface area contributed by atoms with Crippen LogP contribution in [0.25, 0.3) is 0 Å². The lowest BCUT2D eigenvalue weighted by atomic mass is 10.0. The molecule has 0 unspecified atom stereocenters. The van der Waals surface area contributed by atoms with Crippen molar-refractivity contribution in [3.05, 3.63) is 75.1 Å². The van der Waals surface area contributed by atoms with Gasteiger partial charge in [-0.2, -0.15) is 0 Å². The minimum atomic E-state index is -0.201. The van der Waals surface area contributed by atoms with Crippen molar-refractivity contribution in [1.29, 1.82) is 0 Å². The van der Waals surface area contributed by atoms with E-state index in [1.165, 1.54) is 11.1 Å². The molecular formula is C23H23N3O2S. The molecule has 0 fully saturated rings. The number of hydrogen-bond donors (Lipinski definition) is 1. The van der Waals surface area contributed by atoms with Crippen molar-refractivity contribution in [3.8, 4) is 0 Å². The van der Waals surface area contributed by atoms with E-state index in [2.05, 4.69) is 10.3 Å². The average Bonchev–Trinajstić information content (AvgIpc) is 3.09. The predicted molar refractivity (Wildman–Crippen MR) is 117 cm³/mol. The third-order valence-corrected chi connectivity index (χ3v) is 6.36. The van der Waals surface area contributed by atoms with Gasteiger partial charge in [-0.3, -0.25) is 9.59 Å². The van der Waals surface area contributed by atoms with Crippen molar-refractivity contribution >= 4 is 34.7 Å². The van der Waals surface area contributed by atoms with Gasteiger partial charge in [-0.15, -0.1) is 11.3 Å². The molecule has 0 saturated heterocycles. The number of pyridine rings is 1. The molecule has 2 aromatic heterocycles. The van der Waals surface area contributed by atoms with Crippen LogP contribution in [-0.2, 0) is 6.42 Å². The Hall–Kier alpha value is -2.99. The third kappa shape index (κ3) is 3.93. The molecule has 1 aliphatic heterocycles. The molecule has 2 amide bonds. The number of hydrogen-bond acceptors (Lipinski definition) is 4. The van der Waals surface area contributed by atoms with Gasteiger partial charge in [0.1, 0.15) is 5.82 Å². The molecule has 1 N–H and O–H groups in total. The van der Waals surface area contributed by atoms with Crippen LogP contribution in [0, 0.1) is 13.8 Å². The summed E-state index contributed by atoms with van der Waals surface area (Å²) < 4.78 is 0. The molecule has 3 aromatic rings. The molecule has 4 rings (SSSR count). The van der Waals surface area contributed by atoms with Gasteiger partial charge in [-0.05, 0) is 73.9 Å². The fraction of sp³-hybridized carbons (Fsp3) is 0.261. The Morgan fingerprint density at radius 1 is 1.10 bits per heavy atom. The SMILES string of the molecule is Cc1cccc(C(=O)Nc2ccc(C(=O)N3CCCCc4sccc43)cn2)c1C. The second-order valence-corrected chi connectivity index (χ2v) is 8.28. The smallest absolute Gasteiger partial charge is 0.259 e. The largest absolute Gasteiger partial charge is 0.307 e. The Morgan fingerprint density at radius 3 is 2.76 bits per heavy atom. The Labute approximate surface area is 174 Å². The zero-order valence-corrected chi connectivity index (χ0v) is 17.4. The summed E-state index contributed by atoms with van der Waals surface area (Å²) in [5.41, 5.74) is 4.18. The normalized spacial score (nSPS) is 13.5. The van der Waals surface area contributed by atoms with Crippen molar-refractivity contribution in [2.75, 3.05) is 16.8 Å². The summed E-state index contributed by atoms with van der Waals surface area (Å²) in [5.74, 6) is 0.180. The summed E-state index contributed by atoms with van der Waals surface area (Å²) in [6.45, 7) is 4.62. The van der Waals surface area contributed by atoms with Crippen molar-refractivity contribution in [2.45, 2.75) is 33.1 Å². The van der Waals surface area contributed by atoms with Crippen molar-refractivity contribution < 1.29 is 9.59 Å². The van der Waals surface area contributed by atoms with Crippen LogP contribution in [0.2, 0.25) is 0 Å². The highest BCUT2D eigenvalue weighted by Crippen LogP contribution is 2.32. The molecule has 0 spiro atoms. The molecule has 5 nitrogen and oxygen atoms in total. The fourth-order valence-electron chi connectivity index (χ4n) is 3.58. The highest BCUT2D eigenvalue weighted by Gasteiger charge is 2.23. The van der Waals surface area contributed by atoms with Crippen molar-refractivity contribution in [3.63, 3.8) is 0 Å². The first-order valence-electron chi connectivity index (χ1n) is 9.76. The lowest BCUT2D eigenvalue weighted by Crippen LogP contribution is -2.31. The Kier molecular flexibility index (Phi) is 5.45. The van der Waals surface area contributed by atoms with Crippen LogP contribution < -0.4 is 10.2 Å². The molecule has 1 aliphatic rings. The van der Waals surface area contributed by atoms with Gasteiger partial charge in [0.25, 0.3) is 11.8 Å². The molecule has 0 saturated carbocycles. The number of thiophene rings is 1. The standard InChI is InChI=1S/C23H23N3O2S/c1-15-6-5-7-18(16(15)2)22(27)25-21-10-9-17(14-24-21)23(28)26-12-4-3-8-20-19(26)11-13-29-20/h5-7,9-11,13-14H,3-4,8,12H2,1-2H3,(H,24,25,27). The van der Waals surface area contributed by atoms with Crippen LogP contribution in [0.15, 0.2) is 48.0 Å². The lowest BCUT2D eigenvalue weighted by Gasteiger charge is -2.21. The summed E-state index contributed by atoms with van der Waals surface area (Å²) in [6.07, 6.45) is 4.65. The number of aryl methyl sites for hydroxylation is 2. The number of carbonyl (C=O) groups excluding carboxylic acids is 2. The molecular weight excluding hydrogens is 382 g/mol. The number of nitrogens with one attached hydrogen (secondary N) is 1. The summed E-state index contributed by atoms with van der Waals surface area (Å²) in [5, 5.41) is 4.86. The van der Waals surface area contributed by atoms with Crippen LogP contribution in [0.1, 0.15) is 49.6 Å². The van der Waals surface area contributed by atoms with Gasteiger partial charge in [0.05, 0.1) is 11.3 Å². The van der Waals surface area contributed by atoms with Crippen molar-refractivity contribution in [1.82, 2.24) is 4.98 Å². The maximum atomic E-state index is 13.1. The Bertz CT molecular complexity index is 1060. The first-order valence-corrected chi connectivity index (χ1v) is 10.6. The number of amides is 2. The quantitative estimate of drug-likeness (QED) is 0.667. The maximum Gasteiger partial charge on any atom is 0.259 e. The fourth-order valence-corrected chi connectivity index (χ4v) is 4.50. The summed E-state index contributed by atoms with van der Waals surface area (Å²) in [4.78, 5) is 33.0. The second kappa shape index (κ2) is 8.17. The highest BCUT2D eigenvalue weighted by molar-refractivity contribution is 7.10. The van der Waals surface area contributed by atoms with Gasteiger partial charge < -0.3 is 10.2 Å². The number of aromatic nitrogens is 1. The number of anilines is 2. The summed E-state index contributed by atoms with van der Waals surface area (Å²) >= 11 is 1.71. The molecule has 148 valence electrons. The van der Waals surface area contributed by atoms with Crippen LogP contribution in [0.3, 0.4) is 0 Å². The monoisotopic (exact) mass is 405 g/mol. The Morgan fingerprint density at radius 2 is 1.97 bits per heavy atom. The second-order valence-electron chi connectivity index (χ2n) is 7.28. The molecule has 0 radical (unpaired) electrons. The first kappa shape index (κ1) is 19.3. The number of carbonyl (C=O) groups is 2. The van der Waals surface area contributed by atoms with Gasteiger partial charge in [0, 0.05) is 23.2 Å². The van der Waals surface area contributed by atoms with Crippen LogP contribution in [-0.4, -0.2) is 23.3 Å². The highest BCUT2D eigenvalue weighted by atomic mass is 32.1. The molecule has 3 heterocycles. The zero-order valence-electron chi connectivity index (χ0n) is 16.6. The minimum Gasteiger partial charge on any atom is -0.307 e. The van der Waals surface area contributed by atoms with Gasteiger partial charge >= 0.3 is 0 Å². The van der Waals surface area contributed by atoms with E-state index in [1.807, 2.05) is 42.3 Å². The van der Waals surface area contributed by atoms with Crippen LogP contribution in [0.5, 0.6) is 0 Å². The van der Waals surface area contributed by atoms with Gasteiger partial charge in [-0.25, -0.2) is 4.98 Å². The molecule has 1 aromatic carbocycles. The number of fused-ring (bicyclic) bond motifs is 1. The van der Waals surface area contributed by atoms with Crippen molar-refractivity contribution in [2.24, 2.45) is 0 Å². The maximum absolute atomic E-state index is 13.1.